The SMILES string of the molecule is O=C(Nc1cc(-c2cccc([N+](=O)[O-])c2)[nH]n1)c1ccc([N+](=O)[O-])cc1. The predicted octanol–water partition coefficient (Wildman–Crippen LogP) is 3.15. The van der Waals surface area contributed by atoms with Crippen molar-refractivity contribution in [1.82, 2.24) is 10.2 Å². The molecule has 2 N–H and O–H groups in total. The Kier molecular flexibility index (Phi) is 4.39. The molecule has 0 saturated carbocycles. The first kappa shape index (κ1) is 16.8. The zero-order valence-electron chi connectivity index (χ0n) is 13.1. The van der Waals surface area contributed by atoms with Gasteiger partial charge in [0.25, 0.3) is 17.3 Å². The Morgan fingerprint density at radius 2 is 1.65 bits per heavy atom. The van der Waals surface area contributed by atoms with E-state index in [1.54, 1.807) is 12.1 Å². The van der Waals surface area contributed by atoms with Gasteiger partial charge in [-0.1, -0.05) is 12.1 Å². The average molecular weight is 353 g/mol. The van der Waals surface area contributed by atoms with Crippen molar-refractivity contribution in [1.29, 1.82) is 0 Å². The van der Waals surface area contributed by atoms with Crippen molar-refractivity contribution < 1.29 is 14.6 Å². The summed E-state index contributed by atoms with van der Waals surface area (Å²) in [5.74, 6) is -0.271. The highest BCUT2D eigenvalue weighted by molar-refractivity contribution is 6.04. The van der Waals surface area contributed by atoms with Crippen LogP contribution < -0.4 is 5.32 Å². The molecule has 2 aromatic carbocycles. The van der Waals surface area contributed by atoms with Crippen molar-refractivity contribution in [3.8, 4) is 11.3 Å². The number of nitrogens with zero attached hydrogens (tertiary/aromatic N) is 3. The second-order valence-corrected chi connectivity index (χ2v) is 5.23. The van der Waals surface area contributed by atoms with Crippen LogP contribution in [0.1, 0.15) is 10.4 Å². The molecule has 0 aliphatic carbocycles. The lowest BCUT2D eigenvalue weighted by Gasteiger charge is -2.01. The highest BCUT2D eigenvalue weighted by Crippen LogP contribution is 2.24. The Labute approximate surface area is 145 Å². The van der Waals surface area contributed by atoms with Crippen LogP contribution in [0.2, 0.25) is 0 Å². The van der Waals surface area contributed by atoms with Gasteiger partial charge in [-0.25, -0.2) is 0 Å². The van der Waals surface area contributed by atoms with Gasteiger partial charge in [-0.3, -0.25) is 30.1 Å². The number of benzene rings is 2. The number of rotatable bonds is 5. The van der Waals surface area contributed by atoms with Gasteiger partial charge in [-0.15, -0.1) is 0 Å². The largest absolute Gasteiger partial charge is 0.305 e. The number of hydrogen-bond donors (Lipinski definition) is 2. The Morgan fingerprint density at radius 3 is 2.31 bits per heavy atom. The van der Waals surface area contributed by atoms with Crippen LogP contribution in [0.4, 0.5) is 17.2 Å². The number of hydrogen-bond acceptors (Lipinski definition) is 6. The zero-order valence-corrected chi connectivity index (χ0v) is 13.1. The molecule has 3 aromatic rings. The molecule has 0 aliphatic rings. The zero-order chi connectivity index (χ0) is 18.7. The normalized spacial score (nSPS) is 10.3. The quantitative estimate of drug-likeness (QED) is 0.532. The van der Waals surface area contributed by atoms with Gasteiger partial charge in [-0.2, -0.15) is 5.10 Å². The van der Waals surface area contributed by atoms with E-state index >= 15 is 0 Å². The first-order valence-corrected chi connectivity index (χ1v) is 7.30. The number of aromatic nitrogens is 2. The van der Waals surface area contributed by atoms with Crippen molar-refractivity contribution in [2.75, 3.05) is 5.32 Å². The fourth-order valence-electron chi connectivity index (χ4n) is 2.24. The van der Waals surface area contributed by atoms with Gasteiger partial charge in [0, 0.05) is 41.5 Å². The third kappa shape index (κ3) is 3.53. The molecule has 3 rings (SSSR count). The van der Waals surface area contributed by atoms with Gasteiger partial charge < -0.3 is 5.32 Å². The lowest BCUT2D eigenvalue weighted by molar-refractivity contribution is -0.385. The minimum absolute atomic E-state index is 0.0615. The molecular formula is C16H11N5O5. The summed E-state index contributed by atoms with van der Waals surface area (Å²) in [5.41, 5.74) is 1.09. The minimum atomic E-state index is -0.555. The van der Waals surface area contributed by atoms with Crippen LogP contribution in [0.5, 0.6) is 0 Å². The van der Waals surface area contributed by atoms with Crippen LogP contribution in [0.3, 0.4) is 0 Å². The molecular weight excluding hydrogens is 342 g/mol. The highest BCUT2D eigenvalue weighted by atomic mass is 16.6. The van der Waals surface area contributed by atoms with Crippen LogP contribution in [-0.2, 0) is 0 Å². The Bertz CT molecular complexity index is 996. The van der Waals surface area contributed by atoms with Gasteiger partial charge in [0.15, 0.2) is 5.82 Å². The lowest BCUT2D eigenvalue weighted by Crippen LogP contribution is -2.12. The van der Waals surface area contributed by atoms with E-state index < -0.39 is 15.8 Å². The predicted molar refractivity (Wildman–Crippen MR) is 91.7 cm³/mol. The molecule has 0 bridgehead atoms. The number of nitro benzene ring substituents is 2. The molecule has 0 saturated heterocycles. The first-order valence-electron chi connectivity index (χ1n) is 7.30. The first-order chi connectivity index (χ1) is 12.4. The summed E-state index contributed by atoms with van der Waals surface area (Å²) in [4.78, 5) is 32.6. The highest BCUT2D eigenvalue weighted by Gasteiger charge is 2.13. The Balaban J connectivity index is 1.76. The van der Waals surface area contributed by atoms with E-state index in [4.69, 9.17) is 0 Å². The molecule has 0 atom stereocenters. The standard InChI is InChI=1S/C16H11N5O5/c22-16(10-4-6-12(7-5-10)20(23)24)17-15-9-14(18-19-15)11-2-1-3-13(8-11)21(25)26/h1-9H,(H2,17,18,19,22). The topological polar surface area (TPSA) is 144 Å². The second kappa shape index (κ2) is 6.81. The van der Waals surface area contributed by atoms with E-state index in [1.807, 2.05) is 0 Å². The minimum Gasteiger partial charge on any atom is -0.305 e. The molecule has 1 aromatic heterocycles. The lowest BCUT2D eigenvalue weighted by atomic mass is 10.1. The number of carbonyl (C=O) groups is 1. The summed E-state index contributed by atoms with van der Waals surface area (Å²) in [5, 5.41) is 30.6. The molecule has 130 valence electrons. The molecule has 0 fully saturated rings. The number of amides is 1. The second-order valence-electron chi connectivity index (χ2n) is 5.23. The van der Waals surface area contributed by atoms with E-state index in [9.17, 15) is 25.0 Å². The summed E-state index contributed by atoms with van der Waals surface area (Å²) in [7, 11) is 0. The molecule has 0 radical (unpaired) electrons. The van der Waals surface area contributed by atoms with E-state index in [0.717, 1.165) is 0 Å². The number of aromatic amines is 1. The molecule has 0 unspecified atom stereocenters. The molecule has 10 nitrogen and oxygen atoms in total. The Hall–Kier alpha value is -4.08. The summed E-state index contributed by atoms with van der Waals surface area (Å²) < 4.78 is 0. The van der Waals surface area contributed by atoms with Crippen LogP contribution in [0.15, 0.2) is 54.6 Å². The fourth-order valence-corrected chi connectivity index (χ4v) is 2.24. The molecule has 26 heavy (non-hydrogen) atoms. The van der Waals surface area contributed by atoms with Gasteiger partial charge >= 0.3 is 0 Å². The van der Waals surface area contributed by atoms with Gasteiger partial charge in [0.05, 0.1) is 15.5 Å². The third-order valence-electron chi connectivity index (χ3n) is 3.53. The molecule has 0 spiro atoms. The van der Waals surface area contributed by atoms with Gasteiger partial charge in [0.2, 0.25) is 0 Å². The fraction of sp³-hybridized carbons (Fsp3) is 0. The number of nitro groups is 2. The number of non-ortho nitro benzene ring substituents is 2. The van der Waals surface area contributed by atoms with E-state index in [1.165, 1.54) is 42.5 Å². The van der Waals surface area contributed by atoms with Crippen molar-refractivity contribution in [2.45, 2.75) is 0 Å². The summed E-state index contributed by atoms with van der Waals surface area (Å²) in [6.07, 6.45) is 0. The number of H-pyrrole nitrogens is 1. The third-order valence-corrected chi connectivity index (χ3v) is 3.53. The summed E-state index contributed by atoms with van der Waals surface area (Å²) in [6, 6.07) is 12.6. The van der Waals surface area contributed by atoms with E-state index in [-0.39, 0.29) is 22.8 Å². The average Bonchev–Trinajstić information content (AvgIpc) is 3.10. The smallest absolute Gasteiger partial charge is 0.270 e. The summed E-state index contributed by atoms with van der Waals surface area (Å²) >= 11 is 0. The van der Waals surface area contributed by atoms with E-state index in [2.05, 4.69) is 15.5 Å². The maximum absolute atomic E-state index is 12.2. The van der Waals surface area contributed by atoms with Crippen molar-refractivity contribution in [3.05, 3.63) is 80.4 Å². The molecule has 0 aliphatic heterocycles. The van der Waals surface area contributed by atoms with Crippen molar-refractivity contribution >= 4 is 23.1 Å². The van der Waals surface area contributed by atoms with Crippen LogP contribution >= 0.6 is 0 Å². The molecule has 10 heteroatoms. The van der Waals surface area contributed by atoms with Crippen molar-refractivity contribution in [2.24, 2.45) is 0 Å². The van der Waals surface area contributed by atoms with Crippen LogP contribution in [-0.4, -0.2) is 26.0 Å². The van der Waals surface area contributed by atoms with Gasteiger partial charge in [-0.05, 0) is 12.1 Å². The molecule has 1 heterocycles. The summed E-state index contributed by atoms with van der Waals surface area (Å²) in [6.45, 7) is 0. The van der Waals surface area contributed by atoms with Crippen LogP contribution in [0, 0.1) is 20.2 Å². The maximum Gasteiger partial charge on any atom is 0.270 e. The van der Waals surface area contributed by atoms with Crippen molar-refractivity contribution in [3.63, 3.8) is 0 Å². The maximum atomic E-state index is 12.2. The number of nitrogens with one attached hydrogen (secondary N) is 2. The monoisotopic (exact) mass is 353 g/mol. The number of anilines is 1. The van der Waals surface area contributed by atoms with Crippen LogP contribution in [0.25, 0.3) is 11.3 Å². The Morgan fingerprint density at radius 1 is 0.962 bits per heavy atom. The van der Waals surface area contributed by atoms with Gasteiger partial charge in [0.1, 0.15) is 0 Å². The molecule has 1 amide bonds. The number of carbonyl (C=O) groups excluding carboxylic acids is 1. The van der Waals surface area contributed by atoms with E-state index in [0.29, 0.717) is 11.3 Å².